The molecule has 0 saturated carbocycles. The molecule has 1 aliphatic rings. The summed E-state index contributed by atoms with van der Waals surface area (Å²) in [6.07, 6.45) is 1.71. The summed E-state index contributed by atoms with van der Waals surface area (Å²) in [7, 11) is 0. The highest BCUT2D eigenvalue weighted by atomic mass is 16.1. The number of nitrogens with zero attached hydrogens (tertiary/aromatic N) is 5. The van der Waals surface area contributed by atoms with Crippen LogP contribution in [0, 0.1) is 0 Å². The molecule has 0 aliphatic heterocycles. The number of hydrogen-bond donors (Lipinski definition) is 0. The van der Waals surface area contributed by atoms with Crippen LogP contribution in [0.3, 0.4) is 0 Å². The third-order valence-corrected chi connectivity index (χ3v) is 13.3. The van der Waals surface area contributed by atoms with Gasteiger partial charge in [-0.25, -0.2) is 9.97 Å². The van der Waals surface area contributed by atoms with E-state index in [1.54, 1.807) is 10.8 Å². The number of para-hydroxylation sites is 4. The molecule has 8 aromatic carbocycles. The summed E-state index contributed by atoms with van der Waals surface area (Å²) in [6.45, 7) is 4.63. The fraction of sp³-hybridized carbons (Fsp3) is 0.0536. The average molecular weight is 796 g/mol. The number of aromatic nitrogens is 5. The maximum atomic E-state index is 14.3. The molecule has 6 heteroatoms. The minimum Gasteiger partial charge on any atom is -0.309 e. The van der Waals surface area contributed by atoms with Gasteiger partial charge in [-0.3, -0.25) is 13.9 Å². The van der Waals surface area contributed by atoms with E-state index >= 15 is 0 Å². The Balaban J connectivity index is 1.07. The zero-order chi connectivity index (χ0) is 41.3. The van der Waals surface area contributed by atoms with E-state index in [0.29, 0.717) is 16.9 Å². The summed E-state index contributed by atoms with van der Waals surface area (Å²) < 4.78 is 6.32. The van der Waals surface area contributed by atoms with Gasteiger partial charge in [0.1, 0.15) is 0 Å². The second kappa shape index (κ2) is 12.7. The van der Waals surface area contributed by atoms with Crippen LogP contribution < -0.4 is 5.56 Å². The lowest BCUT2D eigenvalue weighted by Gasteiger charge is -2.21. The van der Waals surface area contributed by atoms with Crippen LogP contribution in [0.1, 0.15) is 25.0 Å². The van der Waals surface area contributed by atoms with Gasteiger partial charge in [0.05, 0.1) is 38.5 Å². The number of benzene rings is 8. The molecule has 0 bridgehead atoms. The van der Waals surface area contributed by atoms with Crippen LogP contribution in [0.15, 0.2) is 193 Å². The summed E-state index contributed by atoms with van der Waals surface area (Å²) >= 11 is 0. The number of pyridine rings is 1. The standard InChI is InChI=1S/C56H37N5O/c1-56(2)46-22-12-9-19-38(46)41-31-44-43-30-35(34-25-27-50-42(29-34)39-20-10-13-23-48(39)59(50)36-15-5-3-6-16-36)26-28-51(43)61(52(44)32-47(41)56)55-57-33-45-53(58-55)40-21-11-14-24-49(40)60(54(45)62)37-17-7-4-8-18-37/h3-33H,1-2H3. The maximum Gasteiger partial charge on any atom is 0.266 e. The average Bonchev–Trinajstić information content (AvgIpc) is 3.91. The van der Waals surface area contributed by atoms with E-state index in [1.807, 2.05) is 54.6 Å². The molecule has 0 spiro atoms. The summed E-state index contributed by atoms with van der Waals surface area (Å²) in [4.78, 5) is 24.7. The Hall–Kier alpha value is -8.09. The molecule has 0 fully saturated rings. The van der Waals surface area contributed by atoms with E-state index in [-0.39, 0.29) is 11.0 Å². The summed E-state index contributed by atoms with van der Waals surface area (Å²) in [5.41, 5.74) is 14.8. The van der Waals surface area contributed by atoms with Crippen LogP contribution in [-0.4, -0.2) is 23.7 Å². The highest BCUT2D eigenvalue weighted by molar-refractivity contribution is 6.14. The van der Waals surface area contributed by atoms with Gasteiger partial charge in [0.25, 0.3) is 5.56 Å². The molecule has 292 valence electrons. The molecule has 0 radical (unpaired) electrons. The second-order valence-corrected chi connectivity index (χ2v) is 17.0. The van der Waals surface area contributed by atoms with Crippen molar-refractivity contribution in [2.75, 3.05) is 0 Å². The zero-order valence-electron chi connectivity index (χ0n) is 34.0. The summed E-state index contributed by atoms with van der Waals surface area (Å²) in [5, 5.41) is 6.04. The summed E-state index contributed by atoms with van der Waals surface area (Å²) in [5.74, 6) is 0.524. The van der Waals surface area contributed by atoms with Gasteiger partial charge in [0.2, 0.25) is 5.95 Å². The number of hydrogen-bond acceptors (Lipinski definition) is 3. The first-order valence-corrected chi connectivity index (χ1v) is 21.1. The van der Waals surface area contributed by atoms with E-state index in [1.165, 1.54) is 44.1 Å². The molecular formula is C56H37N5O. The maximum absolute atomic E-state index is 14.3. The van der Waals surface area contributed by atoms with Crippen molar-refractivity contribution < 1.29 is 0 Å². The smallest absolute Gasteiger partial charge is 0.266 e. The molecule has 0 unspecified atom stereocenters. The lowest BCUT2D eigenvalue weighted by atomic mass is 9.82. The van der Waals surface area contributed by atoms with Gasteiger partial charge < -0.3 is 4.57 Å². The Kier molecular flexibility index (Phi) is 7.12. The Morgan fingerprint density at radius 3 is 1.69 bits per heavy atom. The van der Waals surface area contributed by atoms with Gasteiger partial charge in [-0.15, -0.1) is 0 Å². The summed E-state index contributed by atoms with van der Waals surface area (Å²) in [6, 6.07) is 64.2. The molecule has 12 aromatic rings. The molecule has 0 amide bonds. The van der Waals surface area contributed by atoms with Crippen LogP contribution in [0.4, 0.5) is 0 Å². The predicted molar refractivity (Wildman–Crippen MR) is 254 cm³/mol. The first-order valence-electron chi connectivity index (χ1n) is 21.1. The van der Waals surface area contributed by atoms with Gasteiger partial charge in [0, 0.05) is 49.9 Å². The van der Waals surface area contributed by atoms with Crippen molar-refractivity contribution in [3.63, 3.8) is 0 Å². The molecule has 13 rings (SSSR count). The largest absolute Gasteiger partial charge is 0.309 e. The van der Waals surface area contributed by atoms with Gasteiger partial charge >= 0.3 is 0 Å². The van der Waals surface area contributed by atoms with Crippen LogP contribution in [-0.2, 0) is 5.41 Å². The molecule has 4 heterocycles. The Bertz CT molecular complexity index is 3910. The van der Waals surface area contributed by atoms with E-state index in [0.717, 1.165) is 55.2 Å². The van der Waals surface area contributed by atoms with Crippen molar-refractivity contribution >= 4 is 65.4 Å². The first-order chi connectivity index (χ1) is 30.4. The fourth-order valence-electron chi connectivity index (χ4n) is 10.4. The van der Waals surface area contributed by atoms with Crippen molar-refractivity contribution in [2.45, 2.75) is 19.3 Å². The normalized spacial score (nSPS) is 13.2. The second-order valence-electron chi connectivity index (χ2n) is 17.0. The van der Waals surface area contributed by atoms with Crippen molar-refractivity contribution in [2.24, 2.45) is 0 Å². The SMILES string of the molecule is CC1(C)c2ccccc2-c2cc3c4cc(-c5ccc6c(c5)c5ccccc5n6-c5ccccc5)ccc4n(-c4ncc5c(=O)n(-c6ccccc6)c6ccccc6c5n4)c3cc21. The van der Waals surface area contributed by atoms with Crippen molar-refractivity contribution in [1.29, 1.82) is 0 Å². The van der Waals surface area contributed by atoms with Crippen LogP contribution in [0.5, 0.6) is 0 Å². The lowest BCUT2D eigenvalue weighted by molar-refractivity contribution is 0.661. The number of fused-ring (bicyclic) bond motifs is 12. The highest BCUT2D eigenvalue weighted by Crippen LogP contribution is 2.51. The molecule has 0 atom stereocenters. The Labute approximate surface area is 356 Å². The lowest BCUT2D eigenvalue weighted by Crippen LogP contribution is -2.20. The van der Waals surface area contributed by atoms with Gasteiger partial charge in [-0.05, 0) is 106 Å². The van der Waals surface area contributed by atoms with Gasteiger partial charge in [0.15, 0.2) is 0 Å². The predicted octanol–water partition coefficient (Wildman–Crippen LogP) is 13.1. The molecule has 4 aromatic heterocycles. The minimum atomic E-state index is -0.204. The Morgan fingerprint density at radius 1 is 0.419 bits per heavy atom. The van der Waals surface area contributed by atoms with E-state index < -0.39 is 0 Å². The van der Waals surface area contributed by atoms with Crippen LogP contribution in [0.25, 0.3) is 105 Å². The van der Waals surface area contributed by atoms with Crippen molar-refractivity contribution in [1.82, 2.24) is 23.7 Å². The van der Waals surface area contributed by atoms with E-state index in [2.05, 4.69) is 150 Å². The molecule has 0 N–H and O–H groups in total. The van der Waals surface area contributed by atoms with Crippen LogP contribution >= 0.6 is 0 Å². The topological polar surface area (TPSA) is 57.6 Å². The van der Waals surface area contributed by atoms with Crippen molar-refractivity contribution in [3.05, 3.63) is 210 Å². The van der Waals surface area contributed by atoms with E-state index in [4.69, 9.17) is 9.97 Å². The zero-order valence-corrected chi connectivity index (χ0v) is 34.0. The molecule has 0 saturated heterocycles. The Morgan fingerprint density at radius 2 is 0.968 bits per heavy atom. The molecule has 62 heavy (non-hydrogen) atoms. The molecule has 1 aliphatic carbocycles. The number of rotatable bonds is 4. The van der Waals surface area contributed by atoms with Gasteiger partial charge in [-0.1, -0.05) is 123 Å². The first kappa shape index (κ1) is 34.7. The molecular weight excluding hydrogens is 759 g/mol. The third kappa shape index (κ3) is 4.77. The highest BCUT2D eigenvalue weighted by Gasteiger charge is 2.36. The van der Waals surface area contributed by atoms with E-state index in [9.17, 15) is 4.79 Å². The molecule has 6 nitrogen and oxygen atoms in total. The minimum absolute atomic E-state index is 0.149. The fourth-order valence-corrected chi connectivity index (χ4v) is 10.4. The third-order valence-electron chi connectivity index (χ3n) is 13.3. The monoisotopic (exact) mass is 795 g/mol. The quantitative estimate of drug-likeness (QED) is 0.167. The van der Waals surface area contributed by atoms with Gasteiger partial charge in [-0.2, -0.15) is 0 Å². The van der Waals surface area contributed by atoms with Crippen molar-refractivity contribution in [3.8, 4) is 39.6 Å². The van der Waals surface area contributed by atoms with Crippen LogP contribution in [0.2, 0.25) is 0 Å².